The van der Waals surface area contributed by atoms with Gasteiger partial charge in [-0.05, 0) is 25.7 Å². The van der Waals surface area contributed by atoms with Gasteiger partial charge in [-0.2, -0.15) is 0 Å². The molecule has 2 atom stereocenters. The molecule has 2 unspecified atom stereocenters. The molecule has 3 rings (SSSR count). The first-order chi connectivity index (χ1) is 7.77. The van der Waals surface area contributed by atoms with E-state index in [1.165, 1.54) is 11.3 Å². The van der Waals surface area contributed by atoms with Gasteiger partial charge in [0, 0.05) is 12.1 Å². The lowest BCUT2D eigenvalue weighted by Gasteiger charge is -2.36. The summed E-state index contributed by atoms with van der Waals surface area (Å²) in [5, 5.41) is 3.03. The topological polar surface area (TPSA) is 49.4 Å². The highest BCUT2D eigenvalue weighted by atomic mass is 16.2. The van der Waals surface area contributed by atoms with E-state index in [0.29, 0.717) is 0 Å². The van der Waals surface area contributed by atoms with Crippen LogP contribution in [-0.2, 0) is 4.79 Å². The normalized spacial score (nSPS) is 35.4. The lowest BCUT2D eigenvalue weighted by Crippen LogP contribution is -2.60. The molecule has 0 bridgehead atoms. The maximum absolute atomic E-state index is 12.3. The van der Waals surface area contributed by atoms with E-state index < -0.39 is 0 Å². The van der Waals surface area contributed by atoms with Gasteiger partial charge in [0.1, 0.15) is 0 Å². The SMILES string of the molecule is O=C1NC2CCCCCC2C(=O)N1C1CC1. The van der Waals surface area contributed by atoms with Crippen LogP contribution in [0.1, 0.15) is 44.9 Å². The van der Waals surface area contributed by atoms with Crippen LogP contribution >= 0.6 is 0 Å². The molecular weight excluding hydrogens is 204 g/mol. The summed E-state index contributed by atoms with van der Waals surface area (Å²) in [6, 6.07) is 0.171. The second-order valence-electron chi connectivity index (χ2n) is 5.24. The maximum Gasteiger partial charge on any atom is 0.324 e. The minimum absolute atomic E-state index is 0.0563. The summed E-state index contributed by atoms with van der Waals surface area (Å²) >= 11 is 0. The molecule has 1 aliphatic heterocycles. The number of fused-ring (bicyclic) bond motifs is 1. The van der Waals surface area contributed by atoms with Gasteiger partial charge in [-0.15, -0.1) is 0 Å². The monoisotopic (exact) mass is 222 g/mol. The van der Waals surface area contributed by atoms with Crippen LogP contribution < -0.4 is 5.32 Å². The van der Waals surface area contributed by atoms with Crippen molar-refractivity contribution in [3.8, 4) is 0 Å². The second-order valence-corrected chi connectivity index (χ2v) is 5.24. The van der Waals surface area contributed by atoms with Crippen LogP contribution in [0, 0.1) is 5.92 Å². The van der Waals surface area contributed by atoms with E-state index in [2.05, 4.69) is 5.32 Å². The summed E-state index contributed by atoms with van der Waals surface area (Å²) in [6.45, 7) is 0. The fourth-order valence-corrected chi connectivity index (χ4v) is 2.96. The Bertz CT molecular complexity index is 325. The van der Waals surface area contributed by atoms with Gasteiger partial charge in [0.2, 0.25) is 5.91 Å². The number of imide groups is 1. The third-order valence-electron chi connectivity index (χ3n) is 4.01. The summed E-state index contributed by atoms with van der Waals surface area (Å²) in [7, 11) is 0. The van der Waals surface area contributed by atoms with Crippen LogP contribution in [-0.4, -0.2) is 28.9 Å². The zero-order chi connectivity index (χ0) is 11.1. The molecule has 3 fully saturated rings. The Morgan fingerprint density at radius 2 is 1.75 bits per heavy atom. The van der Waals surface area contributed by atoms with Crippen LogP contribution in [0.4, 0.5) is 4.79 Å². The average Bonchev–Trinajstić information content (AvgIpc) is 3.03. The molecule has 3 aliphatic rings. The van der Waals surface area contributed by atoms with E-state index >= 15 is 0 Å². The number of carbonyl (C=O) groups excluding carboxylic acids is 2. The predicted molar refractivity (Wildman–Crippen MR) is 58.8 cm³/mol. The largest absolute Gasteiger partial charge is 0.334 e. The summed E-state index contributed by atoms with van der Waals surface area (Å²) in [4.78, 5) is 25.6. The Morgan fingerprint density at radius 1 is 1.00 bits per heavy atom. The molecule has 1 N–H and O–H groups in total. The number of nitrogens with zero attached hydrogens (tertiary/aromatic N) is 1. The Labute approximate surface area is 95.4 Å². The molecule has 0 radical (unpaired) electrons. The fourth-order valence-electron chi connectivity index (χ4n) is 2.96. The molecule has 4 heteroatoms. The highest BCUT2D eigenvalue weighted by molar-refractivity contribution is 5.99. The number of hydrogen-bond acceptors (Lipinski definition) is 2. The van der Waals surface area contributed by atoms with Crippen molar-refractivity contribution >= 4 is 11.9 Å². The first-order valence-corrected chi connectivity index (χ1v) is 6.41. The van der Waals surface area contributed by atoms with E-state index in [0.717, 1.165) is 38.5 Å². The molecule has 3 amide bonds. The molecule has 88 valence electrons. The Morgan fingerprint density at radius 3 is 2.50 bits per heavy atom. The van der Waals surface area contributed by atoms with Crippen molar-refractivity contribution in [3.63, 3.8) is 0 Å². The Kier molecular flexibility index (Phi) is 2.37. The van der Waals surface area contributed by atoms with Gasteiger partial charge in [-0.25, -0.2) is 4.79 Å². The third-order valence-corrected chi connectivity index (χ3v) is 4.01. The molecule has 2 saturated carbocycles. The van der Waals surface area contributed by atoms with E-state index in [-0.39, 0.29) is 29.9 Å². The molecular formula is C12H18N2O2. The van der Waals surface area contributed by atoms with Crippen LogP contribution in [0.3, 0.4) is 0 Å². The average molecular weight is 222 g/mol. The van der Waals surface area contributed by atoms with Gasteiger partial charge >= 0.3 is 6.03 Å². The van der Waals surface area contributed by atoms with Crippen LogP contribution in [0.5, 0.6) is 0 Å². The van der Waals surface area contributed by atoms with Crippen molar-refractivity contribution < 1.29 is 9.59 Å². The molecule has 1 heterocycles. The van der Waals surface area contributed by atoms with Crippen molar-refractivity contribution in [2.75, 3.05) is 0 Å². The molecule has 0 aromatic heterocycles. The molecule has 16 heavy (non-hydrogen) atoms. The molecule has 0 spiro atoms. The van der Waals surface area contributed by atoms with Gasteiger partial charge < -0.3 is 5.32 Å². The van der Waals surface area contributed by atoms with Gasteiger partial charge in [0.25, 0.3) is 0 Å². The lowest BCUT2D eigenvalue weighted by atomic mass is 9.91. The zero-order valence-electron chi connectivity index (χ0n) is 9.45. The Hall–Kier alpha value is -1.06. The van der Waals surface area contributed by atoms with Gasteiger partial charge in [-0.3, -0.25) is 9.69 Å². The van der Waals surface area contributed by atoms with Crippen molar-refractivity contribution in [3.05, 3.63) is 0 Å². The number of hydrogen-bond donors (Lipinski definition) is 1. The molecule has 4 nitrogen and oxygen atoms in total. The number of urea groups is 1. The second kappa shape index (κ2) is 3.75. The van der Waals surface area contributed by atoms with Gasteiger partial charge in [-0.1, -0.05) is 19.3 Å². The summed E-state index contributed by atoms with van der Waals surface area (Å²) in [5.41, 5.74) is 0. The summed E-state index contributed by atoms with van der Waals surface area (Å²) in [6.07, 6.45) is 7.37. The van der Waals surface area contributed by atoms with Crippen LogP contribution in [0.25, 0.3) is 0 Å². The predicted octanol–water partition coefficient (Wildman–Crippen LogP) is 1.65. The maximum atomic E-state index is 12.3. The van der Waals surface area contributed by atoms with Crippen LogP contribution in [0.15, 0.2) is 0 Å². The number of carbonyl (C=O) groups is 2. The number of nitrogens with one attached hydrogen (secondary N) is 1. The van der Waals surface area contributed by atoms with E-state index in [9.17, 15) is 9.59 Å². The van der Waals surface area contributed by atoms with Gasteiger partial charge in [0.05, 0.1) is 5.92 Å². The van der Waals surface area contributed by atoms with Crippen LogP contribution in [0.2, 0.25) is 0 Å². The molecule has 1 saturated heterocycles. The zero-order valence-corrected chi connectivity index (χ0v) is 9.45. The molecule has 0 aromatic carbocycles. The minimum Gasteiger partial charge on any atom is -0.334 e. The number of rotatable bonds is 1. The van der Waals surface area contributed by atoms with E-state index in [1.54, 1.807) is 0 Å². The first-order valence-electron chi connectivity index (χ1n) is 6.41. The van der Waals surface area contributed by atoms with Crippen molar-refractivity contribution in [1.82, 2.24) is 10.2 Å². The van der Waals surface area contributed by atoms with E-state index in [4.69, 9.17) is 0 Å². The van der Waals surface area contributed by atoms with E-state index in [1.807, 2.05) is 0 Å². The number of amides is 3. The van der Waals surface area contributed by atoms with Gasteiger partial charge in [0.15, 0.2) is 0 Å². The highest BCUT2D eigenvalue weighted by Gasteiger charge is 2.46. The van der Waals surface area contributed by atoms with Crippen molar-refractivity contribution in [2.24, 2.45) is 5.92 Å². The summed E-state index contributed by atoms with van der Waals surface area (Å²) < 4.78 is 0. The lowest BCUT2D eigenvalue weighted by molar-refractivity contribution is -0.136. The smallest absolute Gasteiger partial charge is 0.324 e. The molecule has 2 aliphatic carbocycles. The van der Waals surface area contributed by atoms with Crippen molar-refractivity contribution in [2.45, 2.75) is 57.0 Å². The molecule has 0 aromatic rings. The fraction of sp³-hybridized carbons (Fsp3) is 0.833. The summed E-state index contributed by atoms with van der Waals surface area (Å²) in [5.74, 6) is 0.152. The third kappa shape index (κ3) is 1.60. The highest BCUT2D eigenvalue weighted by Crippen LogP contribution is 2.34. The first kappa shape index (κ1) is 10.1. The van der Waals surface area contributed by atoms with Crippen molar-refractivity contribution in [1.29, 1.82) is 0 Å². The minimum atomic E-state index is -0.143. The Balaban J connectivity index is 1.81. The quantitative estimate of drug-likeness (QED) is 0.733. The standard InChI is InChI=1S/C12H18N2O2/c15-11-9-4-2-1-3-5-10(9)13-12(16)14(11)8-6-7-8/h8-10H,1-7H2,(H,13,16).